The molecule has 1 aliphatic rings. The summed E-state index contributed by atoms with van der Waals surface area (Å²) in [6.07, 6.45) is 0.640. The van der Waals surface area contributed by atoms with Crippen LogP contribution in [0.1, 0.15) is 17.9 Å². The number of nitrogens with two attached hydrogens (primary N) is 1. The Labute approximate surface area is 127 Å². The molecule has 9 nitrogen and oxygen atoms in total. The van der Waals surface area contributed by atoms with E-state index >= 15 is 0 Å². The van der Waals surface area contributed by atoms with Crippen LogP contribution in [0.25, 0.3) is 0 Å². The van der Waals surface area contributed by atoms with Gasteiger partial charge in [-0.3, -0.25) is 14.2 Å². The van der Waals surface area contributed by atoms with Crippen LogP contribution in [-0.4, -0.2) is 46.7 Å². The zero-order chi connectivity index (χ0) is 16.1. The molecule has 0 aliphatic carbocycles. The monoisotopic (exact) mass is 309 g/mol. The highest BCUT2D eigenvalue weighted by Gasteiger charge is 2.19. The lowest BCUT2D eigenvalue weighted by Crippen LogP contribution is -2.36. The van der Waals surface area contributed by atoms with Gasteiger partial charge in [0.15, 0.2) is 0 Å². The number of nitrogens with zero attached hydrogens (tertiary/aromatic N) is 3. The molecule has 3 amide bonds. The number of aromatic nitrogens is 2. The van der Waals surface area contributed by atoms with Gasteiger partial charge >= 0.3 is 6.03 Å². The van der Waals surface area contributed by atoms with E-state index in [1.165, 1.54) is 22.6 Å². The minimum absolute atomic E-state index is 0.0562. The Balaban J connectivity index is 2.18. The fraction of sp³-hybridized carbons (Fsp3) is 0.538. The number of urea groups is 1. The van der Waals surface area contributed by atoms with Gasteiger partial charge in [-0.05, 0) is 6.42 Å². The molecule has 1 aromatic rings. The number of methoxy groups -OCH3 is 1. The van der Waals surface area contributed by atoms with E-state index in [0.29, 0.717) is 31.0 Å². The van der Waals surface area contributed by atoms with E-state index < -0.39 is 6.03 Å². The number of hydrogen-bond acceptors (Lipinski definition) is 5. The molecule has 0 aromatic carbocycles. The van der Waals surface area contributed by atoms with Gasteiger partial charge in [-0.1, -0.05) is 0 Å². The Kier molecular flexibility index (Phi) is 5.10. The number of carbonyl (C=O) groups is 2. The number of hydrogen-bond donors (Lipinski definition) is 2. The Morgan fingerprint density at radius 2 is 2.23 bits per heavy atom. The summed E-state index contributed by atoms with van der Waals surface area (Å²) in [6, 6.07) is 0.845. The van der Waals surface area contributed by atoms with Gasteiger partial charge in [0.05, 0.1) is 18.8 Å². The largest absolute Gasteiger partial charge is 0.375 e. The smallest absolute Gasteiger partial charge is 0.315 e. The SMILES string of the molecule is COCC(=O)NCc1cc(=O)n2c(n1)CN(C(N)=O)CCC2. The van der Waals surface area contributed by atoms with E-state index in [1.54, 1.807) is 0 Å². The van der Waals surface area contributed by atoms with E-state index in [0.717, 1.165) is 0 Å². The molecule has 0 bridgehead atoms. The summed E-state index contributed by atoms with van der Waals surface area (Å²) in [4.78, 5) is 40.6. The fourth-order valence-electron chi connectivity index (χ4n) is 2.29. The quantitative estimate of drug-likeness (QED) is 0.723. The van der Waals surface area contributed by atoms with Gasteiger partial charge in [0.2, 0.25) is 5.91 Å². The van der Waals surface area contributed by atoms with Gasteiger partial charge in [-0.15, -0.1) is 0 Å². The summed E-state index contributed by atoms with van der Waals surface area (Å²) in [5, 5.41) is 2.60. The molecule has 0 atom stereocenters. The lowest BCUT2D eigenvalue weighted by molar-refractivity contribution is -0.124. The van der Waals surface area contributed by atoms with Crippen LogP contribution in [0.5, 0.6) is 0 Å². The first kappa shape index (κ1) is 16.0. The van der Waals surface area contributed by atoms with Crippen molar-refractivity contribution >= 4 is 11.9 Å². The molecular formula is C13H19N5O4. The molecular weight excluding hydrogens is 290 g/mol. The number of carbonyl (C=O) groups excluding carboxylic acids is 2. The third-order valence-corrected chi connectivity index (χ3v) is 3.34. The Bertz CT molecular complexity index is 627. The molecule has 3 N–H and O–H groups in total. The van der Waals surface area contributed by atoms with Crippen LogP contribution in [0.3, 0.4) is 0 Å². The lowest BCUT2D eigenvalue weighted by atomic mass is 10.3. The standard InChI is InChI=1S/C13H19N5O4/c1-22-8-11(19)15-6-9-5-12(20)18-4-2-3-17(13(14)21)7-10(18)16-9/h5H,2-4,6-8H2,1H3,(H2,14,21)(H,15,19). The fourth-order valence-corrected chi connectivity index (χ4v) is 2.29. The van der Waals surface area contributed by atoms with Crippen LogP contribution in [0.4, 0.5) is 4.79 Å². The summed E-state index contributed by atoms with van der Waals surface area (Å²) in [5.74, 6) is 0.179. The van der Waals surface area contributed by atoms with Crippen molar-refractivity contribution in [2.24, 2.45) is 5.73 Å². The molecule has 0 saturated heterocycles. The van der Waals surface area contributed by atoms with E-state index in [2.05, 4.69) is 10.3 Å². The van der Waals surface area contributed by atoms with Gasteiger partial charge in [0.25, 0.3) is 5.56 Å². The van der Waals surface area contributed by atoms with E-state index in [1.807, 2.05) is 0 Å². The van der Waals surface area contributed by atoms with Crippen LogP contribution in [0, 0.1) is 0 Å². The molecule has 0 unspecified atom stereocenters. The van der Waals surface area contributed by atoms with Gasteiger partial charge in [-0.2, -0.15) is 0 Å². The zero-order valence-electron chi connectivity index (χ0n) is 12.4. The van der Waals surface area contributed by atoms with Crippen LogP contribution in [0.15, 0.2) is 10.9 Å². The van der Waals surface area contributed by atoms with Crippen molar-refractivity contribution in [2.45, 2.75) is 26.1 Å². The van der Waals surface area contributed by atoms with Crippen molar-refractivity contribution in [3.8, 4) is 0 Å². The van der Waals surface area contributed by atoms with Crippen LogP contribution < -0.4 is 16.6 Å². The number of ether oxygens (including phenoxy) is 1. The third kappa shape index (κ3) is 3.82. The average molecular weight is 309 g/mol. The van der Waals surface area contributed by atoms with Crippen molar-refractivity contribution in [3.63, 3.8) is 0 Å². The first-order valence-electron chi connectivity index (χ1n) is 6.91. The van der Waals surface area contributed by atoms with Gasteiger partial charge in [-0.25, -0.2) is 9.78 Å². The maximum atomic E-state index is 12.1. The van der Waals surface area contributed by atoms with Gasteiger partial charge in [0, 0.05) is 26.3 Å². The minimum Gasteiger partial charge on any atom is -0.375 e. The van der Waals surface area contributed by atoms with Gasteiger partial charge in [0.1, 0.15) is 12.4 Å². The molecule has 0 fully saturated rings. The van der Waals surface area contributed by atoms with Gasteiger partial charge < -0.3 is 20.7 Å². The molecule has 2 heterocycles. The number of nitrogens with one attached hydrogen (secondary N) is 1. The average Bonchev–Trinajstić information content (AvgIpc) is 2.68. The molecule has 2 rings (SSSR count). The maximum Gasteiger partial charge on any atom is 0.315 e. The highest BCUT2D eigenvalue weighted by atomic mass is 16.5. The van der Waals surface area contributed by atoms with Crippen LogP contribution in [-0.2, 0) is 29.2 Å². The first-order valence-corrected chi connectivity index (χ1v) is 6.91. The summed E-state index contributed by atoms with van der Waals surface area (Å²) in [5.41, 5.74) is 5.54. The first-order chi connectivity index (χ1) is 10.5. The van der Waals surface area contributed by atoms with Crippen LogP contribution in [0.2, 0.25) is 0 Å². The summed E-state index contributed by atoms with van der Waals surface area (Å²) < 4.78 is 6.24. The number of fused-ring (bicyclic) bond motifs is 1. The molecule has 0 radical (unpaired) electrons. The van der Waals surface area contributed by atoms with E-state index in [-0.39, 0.29) is 31.2 Å². The normalized spacial score (nSPS) is 14.1. The summed E-state index contributed by atoms with van der Waals surface area (Å²) >= 11 is 0. The molecule has 1 aliphatic heterocycles. The predicted octanol–water partition coefficient (Wildman–Crippen LogP) is -1.21. The molecule has 1 aromatic heterocycles. The second-order valence-corrected chi connectivity index (χ2v) is 4.98. The predicted molar refractivity (Wildman–Crippen MR) is 76.8 cm³/mol. The number of amides is 3. The van der Waals surface area contributed by atoms with E-state index in [9.17, 15) is 14.4 Å². The van der Waals surface area contributed by atoms with Crippen molar-refractivity contribution in [2.75, 3.05) is 20.3 Å². The number of rotatable bonds is 4. The van der Waals surface area contributed by atoms with Crippen molar-refractivity contribution < 1.29 is 14.3 Å². The van der Waals surface area contributed by atoms with Crippen molar-refractivity contribution in [3.05, 3.63) is 27.9 Å². The highest BCUT2D eigenvalue weighted by molar-refractivity contribution is 5.77. The molecule has 0 saturated carbocycles. The summed E-state index contributed by atoms with van der Waals surface area (Å²) in [6.45, 7) is 1.23. The van der Waals surface area contributed by atoms with Crippen molar-refractivity contribution in [1.29, 1.82) is 0 Å². The molecule has 120 valence electrons. The minimum atomic E-state index is -0.540. The topological polar surface area (TPSA) is 120 Å². The third-order valence-electron chi connectivity index (χ3n) is 3.34. The second-order valence-electron chi connectivity index (χ2n) is 4.98. The zero-order valence-corrected chi connectivity index (χ0v) is 12.4. The highest BCUT2D eigenvalue weighted by Crippen LogP contribution is 2.08. The second kappa shape index (κ2) is 7.03. The Morgan fingerprint density at radius 1 is 1.45 bits per heavy atom. The van der Waals surface area contributed by atoms with Crippen molar-refractivity contribution in [1.82, 2.24) is 19.8 Å². The lowest BCUT2D eigenvalue weighted by Gasteiger charge is -2.17. The number of primary amides is 1. The van der Waals surface area contributed by atoms with Crippen LogP contribution >= 0.6 is 0 Å². The molecule has 9 heteroatoms. The Hall–Kier alpha value is -2.42. The van der Waals surface area contributed by atoms with E-state index in [4.69, 9.17) is 10.5 Å². The molecule has 0 spiro atoms. The molecule has 22 heavy (non-hydrogen) atoms. The summed E-state index contributed by atoms with van der Waals surface area (Å²) in [7, 11) is 1.42. The maximum absolute atomic E-state index is 12.1. The Morgan fingerprint density at radius 3 is 2.91 bits per heavy atom.